The maximum Gasteiger partial charge on any atom is 0.0541 e. The summed E-state index contributed by atoms with van der Waals surface area (Å²) in [6, 6.07) is 0. The average molecular weight is 174 g/mol. The highest BCUT2D eigenvalue weighted by Gasteiger charge is 2.26. The predicted molar refractivity (Wildman–Crippen MR) is 54.4 cm³/mol. The molecule has 3 heteroatoms. The van der Waals surface area contributed by atoms with Gasteiger partial charge in [-0.2, -0.15) is 0 Å². The average Bonchev–Trinajstić information content (AvgIpc) is 2.00. The largest absolute Gasteiger partial charge is 0.330 e. The van der Waals surface area contributed by atoms with Gasteiger partial charge in [-0.3, -0.25) is 0 Å². The van der Waals surface area contributed by atoms with E-state index in [-0.39, 0.29) is 5.16 Å². The summed E-state index contributed by atoms with van der Waals surface area (Å²) in [7, 11) is -0.710. The van der Waals surface area contributed by atoms with Crippen molar-refractivity contribution in [3.63, 3.8) is 0 Å². The van der Waals surface area contributed by atoms with Crippen molar-refractivity contribution in [2.24, 2.45) is 11.5 Å². The Labute approximate surface area is 72.0 Å². The molecule has 0 bridgehead atoms. The van der Waals surface area contributed by atoms with Gasteiger partial charge >= 0.3 is 0 Å². The Kier molecular flexibility index (Phi) is 4.96. The number of hydrogen-bond acceptors (Lipinski definition) is 2. The van der Waals surface area contributed by atoms with Gasteiger partial charge in [0.05, 0.1) is 8.80 Å². The first-order chi connectivity index (χ1) is 5.06. The van der Waals surface area contributed by atoms with Gasteiger partial charge in [0.25, 0.3) is 0 Å². The van der Waals surface area contributed by atoms with Gasteiger partial charge in [0.1, 0.15) is 0 Å². The summed E-state index contributed by atoms with van der Waals surface area (Å²) in [5, 5.41) is 0.152. The lowest BCUT2D eigenvalue weighted by molar-refractivity contribution is 0.500. The topological polar surface area (TPSA) is 52.0 Å². The van der Waals surface area contributed by atoms with E-state index in [4.69, 9.17) is 11.5 Å². The van der Waals surface area contributed by atoms with Gasteiger partial charge in [-0.25, -0.2) is 0 Å². The first-order valence-corrected chi connectivity index (χ1v) is 7.44. The fourth-order valence-corrected chi connectivity index (χ4v) is 2.90. The molecule has 1 atom stereocenters. The Bertz CT molecular complexity index is 106. The molecule has 0 radical (unpaired) electrons. The standard InChI is InChI=1S/C8H22N2Si/c1-4-8(10,11(2)3)6-5-7-9/h11H,4-7,9-10H2,1-3H3. The number of nitrogens with two attached hydrogens (primary N) is 2. The Hall–Kier alpha value is 0.137. The van der Waals surface area contributed by atoms with E-state index in [1.807, 2.05) is 0 Å². The molecule has 0 aromatic rings. The maximum atomic E-state index is 6.23. The first-order valence-electron chi connectivity index (χ1n) is 4.55. The minimum absolute atomic E-state index is 0.152. The van der Waals surface area contributed by atoms with Crippen LogP contribution < -0.4 is 11.5 Å². The molecule has 0 aromatic carbocycles. The van der Waals surface area contributed by atoms with Crippen molar-refractivity contribution in [3.8, 4) is 0 Å². The predicted octanol–water partition coefficient (Wildman–Crippen LogP) is 0.859. The van der Waals surface area contributed by atoms with Crippen LogP contribution in [0.3, 0.4) is 0 Å². The molecular formula is C8H22N2Si. The van der Waals surface area contributed by atoms with Gasteiger partial charge in [-0.05, 0) is 25.8 Å². The second-order valence-corrected chi connectivity index (χ2v) is 7.09. The smallest absolute Gasteiger partial charge is 0.0541 e. The second kappa shape index (κ2) is 4.90. The molecule has 0 aromatic heterocycles. The highest BCUT2D eigenvalue weighted by Crippen LogP contribution is 2.17. The summed E-state index contributed by atoms with van der Waals surface area (Å²) in [6.07, 6.45) is 3.30. The maximum absolute atomic E-state index is 6.23. The zero-order valence-corrected chi connectivity index (χ0v) is 9.22. The quantitative estimate of drug-likeness (QED) is 0.607. The van der Waals surface area contributed by atoms with Crippen LogP contribution >= 0.6 is 0 Å². The van der Waals surface area contributed by atoms with Gasteiger partial charge in [-0.15, -0.1) is 0 Å². The molecule has 0 aliphatic carbocycles. The lowest BCUT2D eigenvalue weighted by Crippen LogP contribution is -2.50. The monoisotopic (exact) mass is 174 g/mol. The molecular weight excluding hydrogens is 152 g/mol. The summed E-state index contributed by atoms with van der Waals surface area (Å²) >= 11 is 0. The number of hydrogen-bond donors (Lipinski definition) is 2. The van der Waals surface area contributed by atoms with Crippen LogP contribution in [0.1, 0.15) is 26.2 Å². The Morgan fingerprint density at radius 3 is 2.18 bits per heavy atom. The molecule has 0 amide bonds. The lowest BCUT2D eigenvalue weighted by atomic mass is 10.1. The minimum Gasteiger partial charge on any atom is -0.330 e. The van der Waals surface area contributed by atoms with E-state index in [1.165, 1.54) is 0 Å². The van der Waals surface area contributed by atoms with Crippen LogP contribution in [0.2, 0.25) is 13.1 Å². The van der Waals surface area contributed by atoms with Crippen molar-refractivity contribution in [1.82, 2.24) is 0 Å². The lowest BCUT2D eigenvalue weighted by Gasteiger charge is -2.31. The van der Waals surface area contributed by atoms with Crippen molar-refractivity contribution >= 4 is 8.80 Å². The van der Waals surface area contributed by atoms with E-state index in [1.54, 1.807) is 0 Å². The van der Waals surface area contributed by atoms with Crippen LogP contribution in [0.25, 0.3) is 0 Å². The van der Waals surface area contributed by atoms with Crippen LogP contribution in [-0.2, 0) is 0 Å². The Morgan fingerprint density at radius 2 is 1.91 bits per heavy atom. The molecule has 0 heterocycles. The fourth-order valence-electron chi connectivity index (χ4n) is 1.30. The van der Waals surface area contributed by atoms with E-state index in [0.717, 1.165) is 25.8 Å². The van der Waals surface area contributed by atoms with Crippen LogP contribution in [-0.4, -0.2) is 20.5 Å². The molecule has 4 N–H and O–H groups in total. The van der Waals surface area contributed by atoms with Crippen molar-refractivity contribution in [1.29, 1.82) is 0 Å². The van der Waals surface area contributed by atoms with E-state index in [0.29, 0.717) is 0 Å². The third kappa shape index (κ3) is 3.36. The van der Waals surface area contributed by atoms with Crippen LogP contribution in [0.4, 0.5) is 0 Å². The third-order valence-electron chi connectivity index (χ3n) is 2.65. The molecule has 0 saturated carbocycles. The minimum atomic E-state index is -0.710. The zero-order chi connectivity index (χ0) is 8.91. The summed E-state index contributed by atoms with van der Waals surface area (Å²) < 4.78 is 0. The van der Waals surface area contributed by atoms with Crippen molar-refractivity contribution in [2.45, 2.75) is 44.4 Å². The Morgan fingerprint density at radius 1 is 1.36 bits per heavy atom. The molecule has 0 aliphatic rings. The molecule has 11 heavy (non-hydrogen) atoms. The fraction of sp³-hybridized carbons (Fsp3) is 1.00. The van der Waals surface area contributed by atoms with Gasteiger partial charge in [0.15, 0.2) is 0 Å². The molecule has 2 nitrogen and oxygen atoms in total. The van der Waals surface area contributed by atoms with Crippen LogP contribution in [0, 0.1) is 0 Å². The van der Waals surface area contributed by atoms with Crippen LogP contribution in [0.5, 0.6) is 0 Å². The SMILES string of the molecule is CCC(N)(CCCN)[SiH](C)C. The molecule has 1 unspecified atom stereocenters. The Balaban J connectivity index is 3.88. The van der Waals surface area contributed by atoms with Gasteiger partial charge < -0.3 is 11.5 Å². The summed E-state index contributed by atoms with van der Waals surface area (Å²) in [6.45, 7) is 7.60. The van der Waals surface area contributed by atoms with E-state index in [9.17, 15) is 0 Å². The molecule has 0 spiro atoms. The van der Waals surface area contributed by atoms with Gasteiger partial charge in [0, 0.05) is 5.16 Å². The summed E-state index contributed by atoms with van der Waals surface area (Å²) in [5.41, 5.74) is 11.7. The molecule has 0 rings (SSSR count). The second-order valence-electron chi connectivity index (χ2n) is 3.63. The van der Waals surface area contributed by atoms with Gasteiger partial charge in [0.2, 0.25) is 0 Å². The van der Waals surface area contributed by atoms with E-state index in [2.05, 4.69) is 20.0 Å². The van der Waals surface area contributed by atoms with Crippen LogP contribution in [0.15, 0.2) is 0 Å². The van der Waals surface area contributed by atoms with Crippen molar-refractivity contribution < 1.29 is 0 Å². The highest BCUT2D eigenvalue weighted by atomic mass is 28.3. The number of rotatable bonds is 5. The van der Waals surface area contributed by atoms with Gasteiger partial charge in [-0.1, -0.05) is 20.0 Å². The normalized spacial score (nSPS) is 16.9. The summed E-state index contributed by atoms with van der Waals surface area (Å²) in [5.74, 6) is 0. The van der Waals surface area contributed by atoms with Crippen molar-refractivity contribution in [3.05, 3.63) is 0 Å². The molecule has 0 aliphatic heterocycles. The molecule has 68 valence electrons. The molecule has 0 saturated heterocycles. The van der Waals surface area contributed by atoms with E-state index < -0.39 is 8.80 Å². The van der Waals surface area contributed by atoms with Crippen molar-refractivity contribution in [2.75, 3.05) is 6.54 Å². The summed E-state index contributed by atoms with van der Waals surface area (Å²) in [4.78, 5) is 0. The first kappa shape index (κ1) is 11.1. The van der Waals surface area contributed by atoms with E-state index >= 15 is 0 Å². The third-order valence-corrected chi connectivity index (χ3v) is 5.65. The zero-order valence-electron chi connectivity index (χ0n) is 8.06. The molecule has 0 fully saturated rings. The highest BCUT2D eigenvalue weighted by molar-refractivity contribution is 6.59.